The van der Waals surface area contributed by atoms with E-state index in [1.54, 1.807) is 6.92 Å². The Labute approximate surface area is 89.4 Å². The molecule has 0 fully saturated rings. The van der Waals surface area contributed by atoms with E-state index in [9.17, 15) is 17.6 Å². The van der Waals surface area contributed by atoms with Crippen LogP contribution in [0.25, 0.3) is 0 Å². The predicted octanol–water partition coefficient (Wildman–Crippen LogP) is 1.50. The van der Waals surface area contributed by atoms with Gasteiger partial charge in [0.2, 0.25) is 5.82 Å². The van der Waals surface area contributed by atoms with Gasteiger partial charge < -0.3 is 10.3 Å². The molecule has 0 saturated heterocycles. The smallest absolute Gasteiger partial charge is 0.324 e. The maximum Gasteiger partial charge on any atom is 0.365 e. The van der Waals surface area contributed by atoms with E-state index in [0.29, 0.717) is 6.42 Å². The molecule has 0 saturated carbocycles. The first-order chi connectivity index (χ1) is 7.45. The molecule has 0 amide bonds. The summed E-state index contributed by atoms with van der Waals surface area (Å²) in [4.78, 5) is 0. The third-order valence-corrected chi connectivity index (χ3v) is 2.03. The Hall–Kier alpha value is -1.18. The Balaban J connectivity index is 3.17. The van der Waals surface area contributed by atoms with Gasteiger partial charge in [-0.05, 0) is 6.42 Å². The van der Waals surface area contributed by atoms with Gasteiger partial charge in [0.15, 0.2) is 0 Å². The van der Waals surface area contributed by atoms with Crippen molar-refractivity contribution in [1.29, 1.82) is 0 Å². The minimum atomic E-state index is -4.30. The quantitative estimate of drug-likeness (QED) is 0.793. The van der Waals surface area contributed by atoms with Crippen molar-refractivity contribution >= 4 is 0 Å². The zero-order valence-corrected chi connectivity index (χ0v) is 8.63. The van der Waals surface area contributed by atoms with Crippen LogP contribution in [0, 0.1) is 0 Å². The second-order valence-electron chi connectivity index (χ2n) is 3.22. The van der Waals surface area contributed by atoms with Crippen molar-refractivity contribution in [1.82, 2.24) is 14.8 Å². The Kier molecular flexibility index (Phi) is 3.84. The Bertz CT molecular complexity index is 350. The number of nitrogens with zero attached hydrogens (tertiary/aromatic N) is 3. The molecule has 4 nitrogen and oxygen atoms in total. The van der Waals surface area contributed by atoms with Crippen LogP contribution < -0.4 is 5.73 Å². The first-order valence-electron chi connectivity index (χ1n) is 4.73. The lowest BCUT2D eigenvalue weighted by Crippen LogP contribution is -2.29. The molecule has 0 aliphatic carbocycles. The summed E-state index contributed by atoms with van der Waals surface area (Å²) in [5, 5.41) is 6.48. The van der Waals surface area contributed by atoms with Crippen LogP contribution in [0.5, 0.6) is 0 Å². The fourth-order valence-corrected chi connectivity index (χ4v) is 1.29. The first kappa shape index (κ1) is 12.9. The van der Waals surface area contributed by atoms with Crippen molar-refractivity contribution in [3.05, 3.63) is 11.6 Å². The number of alkyl halides is 4. The van der Waals surface area contributed by atoms with Crippen molar-refractivity contribution in [2.45, 2.75) is 38.8 Å². The normalized spacial score (nSPS) is 12.4. The van der Waals surface area contributed by atoms with E-state index < -0.39 is 18.2 Å². The van der Waals surface area contributed by atoms with Gasteiger partial charge in [-0.1, -0.05) is 6.92 Å². The van der Waals surface area contributed by atoms with Crippen LogP contribution in [0.1, 0.15) is 25.0 Å². The van der Waals surface area contributed by atoms with E-state index in [2.05, 4.69) is 10.2 Å². The van der Waals surface area contributed by atoms with E-state index in [1.165, 1.54) is 0 Å². The average molecular weight is 240 g/mol. The van der Waals surface area contributed by atoms with Gasteiger partial charge in [-0.3, -0.25) is 0 Å². The maximum atomic E-state index is 13.1. The highest BCUT2D eigenvalue weighted by Gasteiger charge is 2.47. The highest BCUT2D eigenvalue weighted by atomic mass is 19.3. The lowest BCUT2D eigenvalue weighted by atomic mass is 10.3. The molecule has 1 rings (SSSR count). The zero-order valence-electron chi connectivity index (χ0n) is 8.63. The highest BCUT2D eigenvalue weighted by molar-refractivity contribution is 5.03. The van der Waals surface area contributed by atoms with Crippen LogP contribution in [-0.2, 0) is 19.0 Å². The van der Waals surface area contributed by atoms with Crippen molar-refractivity contribution in [2.24, 2.45) is 5.73 Å². The van der Waals surface area contributed by atoms with E-state index in [4.69, 9.17) is 5.73 Å². The van der Waals surface area contributed by atoms with Crippen LogP contribution in [-0.4, -0.2) is 21.2 Å². The van der Waals surface area contributed by atoms with Crippen molar-refractivity contribution < 1.29 is 17.6 Å². The van der Waals surface area contributed by atoms with Crippen molar-refractivity contribution in [3.63, 3.8) is 0 Å². The van der Waals surface area contributed by atoms with E-state index in [1.807, 2.05) is 0 Å². The summed E-state index contributed by atoms with van der Waals surface area (Å²) >= 11 is 0. The monoisotopic (exact) mass is 240 g/mol. The molecule has 92 valence electrons. The van der Waals surface area contributed by atoms with Gasteiger partial charge in [-0.2, -0.15) is 8.78 Å². The number of rotatable bonds is 5. The summed E-state index contributed by atoms with van der Waals surface area (Å²) in [5.41, 5.74) is 5.26. The molecule has 8 heteroatoms. The fourth-order valence-electron chi connectivity index (χ4n) is 1.29. The van der Waals surface area contributed by atoms with E-state index in [-0.39, 0.29) is 18.9 Å². The van der Waals surface area contributed by atoms with Crippen LogP contribution in [0.2, 0.25) is 0 Å². The van der Waals surface area contributed by atoms with Gasteiger partial charge in [-0.15, -0.1) is 10.2 Å². The second kappa shape index (κ2) is 4.77. The maximum absolute atomic E-state index is 13.1. The number of hydrogen-bond donors (Lipinski definition) is 1. The number of hydrogen-bond acceptors (Lipinski definition) is 3. The minimum absolute atomic E-state index is 0.0807. The van der Waals surface area contributed by atoms with Crippen LogP contribution in [0.3, 0.4) is 0 Å². The summed E-state index contributed by atoms with van der Waals surface area (Å²) < 4.78 is 51.5. The molecule has 1 aromatic heterocycles. The Morgan fingerprint density at radius 3 is 2.44 bits per heavy atom. The molecule has 1 heterocycles. The topological polar surface area (TPSA) is 56.7 Å². The Morgan fingerprint density at radius 1 is 1.38 bits per heavy atom. The summed E-state index contributed by atoms with van der Waals surface area (Å²) in [5.74, 6) is -5.24. The highest BCUT2D eigenvalue weighted by Crippen LogP contribution is 2.33. The molecule has 0 spiro atoms. The van der Waals surface area contributed by atoms with Gasteiger partial charge in [0, 0.05) is 6.54 Å². The molecule has 0 atom stereocenters. The molecule has 2 N–H and O–H groups in total. The van der Waals surface area contributed by atoms with Crippen LogP contribution in [0.15, 0.2) is 0 Å². The molecule has 0 aromatic carbocycles. The predicted molar refractivity (Wildman–Crippen MR) is 48.1 cm³/mol. The summed E-state index contributed by atoms with van der Waals surface area (Å²) in [6, 6.07) is 0. The van der Waals surface area contributed by atoms with E-state index in [0.717, 1.165) is 4.57 Å². The summed E-state index contributed by atoms with van der Waals surface area (Å²) in [6.07, 6.45) is -3.31. The van der Waals surface area contributed by atoms with Gasteiger partial charge in [0.1, 0.15) is 5.82 Å². The molecular weight excluding hydrogens is 228 g/mol. The first-order valence-corrected chi connectivity index (χ1v) is 4.73. The van der Waals surface area contributed by atoms with Gasteiger partial charge >= 0.3 is 12.3 Å². The molecule has 0 unspecified atom stereocenters. The summed E-state index contributed by atoms with van der Waals surface area (Å²) in [6.45, 7) is 1.74. The average Bonchev–Trinajstić information content (AvgIpc) is 2.61. The molecule has 0 aliphatic rings. The molecule has 1 aromatic rings. The molecule has 0 aliphatic heterocycles. The second-order valence-corrected chi connectivity index (χ2v) is 3.22. The third-order valence-electron chi connectivity index (χ3n) is 2.03. The lowest BCUT2D eigenvalue weighted by Gasteiger charge is -2.16. The standard InChI is InChI=1S/C8H12F4N4/c1-2-3-16-5(4-13)14-15-7(16)8(11,12)6(9)10/h6H,2-4,13H2,1H3. The Morgan fingerprint density at radius 2 is 2.00 bits per heavy atom. The number of halogens is 4. The SMILES string of the molecule is CCCn1c(CN)nnc1C(F)(F)C(F)F. The fraction of sp³-hybridized carbons (Fsp3) is 0.750. The van der Waals surface area contributed by atoms with Crippen LogP contribution >= 0.6 is 0 Å². The largest absolute Gasteiger partial charge is 0.365 e. The molecule has 0 bridgehead atoms. The number of aromatic nitrogens is 3. The van der Waals surface area contributed by atoms with Crippen molar-refractivity contribution in [3.8, 4) is 0 Å². The minimum Gasteiger partial charge on any atom is -0.324 e. The zero-order chi connectivity index (χ0) is 12.3. The summed E-state index contributed by atoms with van der Waals surface area (Å²) in [7, 11) is 0. The third kappa shape index (κ3) is 2.16. The number of nitrogens with two attached hydrogens (primary N) is 1. The molecular formula is C8H12F4N4. The van der Waals surface area contributed by atoms with Crippen LogP contribution in [0.4, 0.5) is 17.6 Å². The molecule has 0 radical (unpaired) electrons. The van der Waals surface area contributed by atoms with Gasteiger partial charge in [0.25, 0.3) is 0 Å². The van der Waals surface area contributed by atoms with Gasteiger partial charge in [0.05, 0.1) is 6.54 Å². The van der Waals surface area contributed by atoms with Crippen molar-refractivity contribution in [2.75, 3.05) is 0 Å². The van der Waals surface area contributed by atoms with Gasteiger partial charge in [-0.25, -0.2) is 8.78 Å². The molecule has 16 heavy (non-hydrogen) atoms. The van der Waals surface area contributed by atoms with E-state index >= 15 is 0 Å². The lowest BCUT2D eigenvalue weighted by molar-refractivity contribution is -0.143.